The van der Waals surface area contributed by atoms with Gasteiger partial charge in [-0.05, 0) is 12.1 Å². The van der Waals surface area contributed by atoms with E-state index in [1.165, 1.54) is 0 Å². The fourth-order valence-corrected chi connectivity index (χ4v) is 1.58. The minimum absolute atomic E-state index is 0.0421. The van der Waals surface area contributed by atoms with Crippen molar-refractivity contribution in [3.05, 3.63) is 48.0 Å². The number of hydrogen-bond donors (Lipinski definition) is 2. The van der Waals surface area contributed by atoms with Crippen molar-refractivity contribution in [3.63, 3.8) is 0 Å². The maximum Gasteiger partial charge on any atom is 0.229 e. The van der Waals surface area contributed by atoms with E-state index in [9.17, 15) is 4.39 Å². The second kappa shape index (κ2) is 4.79. The van der Waals surface area contributed by atoms with Crippen LogP contribution in [0.15, 0.2) is 36.7 Å². The number of halogens is 1. The van der Waals surface area contributed by atoms with Gasteiger partial charge in [0.2, 0.25) is 5.95 Å². The number of aromatic nitrogens is 2. The quantitative estimate of drug-likeness (QED) is 0.636. The summed E-state index contributed by atoms with van der Waals surface area (Å²) in [4.78, 5) is 9.42. The van der Waals surface area contributed by atoms with Crippen LogP contribution in [0.2, 0.25) is 0 Å². The molecule has 0 fully saturated rings. The topological polar surface area (TPSA) is 78.9 Å². The molecule has 1 heterocycles. The smallest absolute Gasteiger partial charge is 0.229 e. The summed E-state index contributed by atoms with van der Waals surface area (Å²) in [6, 6.07) is 7.14. The van der Waals surface area contributed by atoms with Gasteiger partial charge >= 0.3 is 0 Å². The predicted molar refractivity (Wildman–Crippen MR) is 67.5 cm³/mol. The summed E-state index contributed by atoms with van der Waals surface area (Å²) in [6.07, 6.45) is 2.18. The zero-order valence-electron chi connectivity index (χ0n) is 9.76. The lowest BCUT2D eigenvalue weighted by atomic mass is 10.1. The Kier molecular flexibility index (Phi) is 3.18. The third kappa shape index (κ3) is 2.27. The van der Waals surface area contributed by atoms with Crippen molar-refractivity contribution >= 4 is 17.5 Å². The predicted octanol–water partition coefficient (Wildman–Crippen LogP) is 1.67. The summed E-state index contributed by atoms with van der Waals surface area (Å²) in [5.41, 5.74) is 6.78. The number of anilines is 2. The van der Waals surface area contributed by atoms with E-state index in [2.05, 4.69) is 9.97 Å². The minimum Gasteiger partial charge on any atom is -0.384 e. The standard InChI is InChI=1S/C12H12FN5/c1-18(12-16-6-8(13)7-17-12)10-5-3-2-4-9(10)11(14)15/h2-7H,1H3,(H3,14,15). The highest BCUT2D eigenvalue weighted by Crippen LogP contribution is 2.23. The van der Waals surface area contributed by atoms with Crippen LogP contribution >= 0.6 is 0 Å². The van der Waals surface area contributed by atoms with E-state index in [1.54, 1.807) is 30.1 Å². The Balaban J connectivity index is 2.42. The third-order valence-corrected chi connectivity index (χ3v) is 2.46. The van der Waals surface area contributed by atoms with Crippen molar-refractivity contribution in [2.75, 3.05) is 11.9 Å². The van der Waals surface area contributed by atoms with Gasteiger partial charge in [0, 0.05) is 12.6 Å². The molecule has 0 saturated heterocycles. The first-order valence-electron chi connectivity index (χ1n) is 5.24. The van der Waals surface area contributed by atoms with E-state index in [-0.39, 0.29) is 5.84 Å². The first-order valence-corrected chi connectivity index (χ1v) is 5.24. The number of rotatable bonds is 3. The lowest BCUT2D eigenvalue weighted by molar-refractivity contribution is 0.613. The van der Waals surface area contributed by atoms with Gasteiger partial charge in [0.25, 0.3) is 0 Å². The van der Waals surface area contributed by atoms with Crippen molar-refractivity contribution in [1.82, 2.24) is 9.97 Å². The highest BCUT2D eigenvalue weighted by atomic mass is 19.1. The molecule has 0 aliphatic carbocycles. The summed E-state index contributed by atoms with van der Waals surface area (Å²) in [5, 5.41) is 7.52. The zero-order chi connectivity index (χ0) is 13.1. The summed E-state index contributed by atoms with van der Waals surface area (Å²) < 4.78 is 12.8. The molecular weight excluding hydrogens is 233 g/mol. The molecule has 0 bridgehead atoms. The summed E-state index contributed by atoms with van der Waals surface area (Å²) in [5.74, 6) is -0.198. The largest absolute Gasteiger partial charge is 0.384 e. The van der Waals surface area contributed by atoms with Gasteiger partial charge in [-0.25, -0.2) is 14.4 Å². The van der Waals surface area contributed by atoms with Crippen LogP contribution in [0.3, 0.4) is 0 Å². The molecule has 92 valence electrons. The van der Waals surface area contributed by atoms with Gasteiger partial charge in [0.15, 0.2) is 5.82 Å². The number of nitrogens with one attached hydrogen (secondary N) is 1. The van der Waals surface area contributed by atoms with E-state index >= 15 is 0 Å². The molecule has 1 aromatic heterocycles. The second-order valence-corrected chi connectivity index (χ2v) is 3.69. The Morgan fingerprint density at radius 3 is 2.50 bits per heavy atom. The molecule has 0 radical (unpaired) electrons. The van der Waals surface area contributed by atoms with E-state index in [0.717, 1.165) is 12.4 Å². The first-order chi connectivity index (χ1) is 8.59. The van der Waals surface area contributed by atoms with E-state index in [0.29, 0.717) is 17.2 Å². The Bertz CT molecular complexity index is 567. The molecule has 5 nitrogen and oxygen atoms in total. The molecule has 18 heavy (non-hydrogen) atoms. The number of benzene rings is 1. The number of nitrogens with zero attached hydrogens (tertiary/aromatic N) is 3. The number of nitrogens with two attached hydrogens (primary N) is 1. The fourth-order valence-electron chi connectivity index (χ4n) is 1.58. The van der Waals surface area contributed by atoms with Crippen molar-refractivity contribution in [3.8, 4) is 0 Å². The Hall–Kier alpha value is -2.50. The van der Waals surface area contributed by atoms with Gasteiger partial charge in [-0.15, -0.1) is 0 Å². The van der Waals surface area contributed by atoms with Crippen LogP contribution in [0.5, 0.6) is 0 Å². The monoisotopic (exact) mass is 245 g/mol. The maximum absolute atomic E-state index is 12.8. The van der Waals surface area contributed by atoms with Gasteiger partial charge in [-0.3, -0.25) is 5.41 Å². The minimum atomic E-state index is -0.494. The second-order valence-electron chi connectivity index (χ2n) is 3.69. The molecule has 0 unspecified atom stereocenters. The van der Waals surface area contributed by atoms with Crippen LogP contribution in [0.25, 0.3) is 0 Å². The van der Waals surface area contributed by atoms with Crippen LogP contribution in [-0.2, 0) is 0 Å². The molecule has 0 saturated carbocycles. The van der Waals surface area contributed by atoms with Crippen LogP contribution in [0.4, 0.5) is 16.0 Å². The lowest BCUT2D eigenvalue weighted by Crippen LogP contribution is -2.19. The van der Waals surface area contributed by atoms with Gasteiger partial charge in [0.05, 0.1) is 18.1 Å². The molecular formula is C12H12FN5. The van der Waals surface area contributed by atoms with Crippen LogP contribution in [0, 0.1) is 11.2 Å². The van der Waals surface area contributed by atoms with Gasteiger partial charge in [-0.1, -0.05) is 12.1 Å². The number of nitrogen functional groups attached to an aromatic ring is 1. The molecule has 0 aliphatic rings. The lowest BCUT2D eigenvalue weighted by Gasteiger charge is -2.19. The van der Waals surface area contributed by atoms with Crippen LogP contribution in [-0.4, -0.2) is 22.9 Å². The van der Waals surface area contributed by atoms with E-state index in [1.807, 2.05) is 6.07 Å². The molecule has 2 aromatic rings. The zero-order valence-corrected chi connectivity index (χ0v) is 9.76. The average Bonchev–Trinajstić information content (AvgIpc) is 2.39. The highest BCUT2D eigenvalue weighted by molar-refractivity contribution is 6.00. The Labute approximate surface area is 104 Å². The maximum atomic E-state index is 12.8. The van der Waals surface area contributed by atoms with Gasteiger partial charge in [-0.2, -0.15) is 0 Å². The average molecular weight is 245 g/mol. The highest BCUT2D eigenvalue weighted by Gasteiger charge is 2.12. The van der Waals surface area contributed by atoms with Crippen molar-refractivity contribution in [1.29, 1.82) is 5.41 Å². The fraction of sp³-hybridized carbons (Fsp3) is 0.0833. The molecule has 0 aliphatic heterocycles. The number of para-hydroxylation sites is 1. The van der Waals surface area contributed by atoms with Crippen LogP contribution < -0.4 is 10.6 Å². The molecule has 0 amide bonds. The molecule has 3 N–H and O–H groups in total. The van der Waals surface area contributed by atoms with E-state index < -0.39 is 5.82 Å². The Morgan fingerprint density at radius 2 is 1.89 bits per heavy atom. The molecule has 1 aromatic carbocycles. The van der Waals surface area contributed by atoms with E-state index in [4.69, 9.17) is 11.1 Å². The van der Waals surface area contributed by atoms with Crippen molar-refractivity contribution < 1.29 is 4.39 Å². The normalized spacial score (nSPS) is 10.1. The van der Waals surface area contributed by atoms with Crippen LogP contribution in [0.1, 0.15) is 5.56 Å². The van der Waals surface area contributed by atoms with Crippen molar-refractivity contribution in [2.24, 2.45) is 5.73 Å². The van der Waals surface area contributed by atoms with Gasteiger partial charge < -0.3 is 10.6 Å². The molecule has 6 heteroatoms. The molecule has 0 spiro atoms. The number of hydrogen-bond acceptors (Lipinski definition) is 4. The van der Waals surface area contributed by atoms with Gasteiger partial charge in [0.1, 0.15) is 5.84 Å². The summed E-state index contributed by atoms with van der Waals surface area (Å²) in [6.45, 7) is 0. The van der Waals surface area contributed by atoms with Crippen molar-refractivity contribution in [2.45, 2.75) is 0 Å². The molecule has 0 atom stereocenters. The summed E-state index contributed by atoms with van der Waals surface area (Å²) >= 11 is 0. The molecule has 2 rings (SSSR count). The SMILES string of the molecule is CN(c1ncc(F)cn1)c1ccccc1C(=N)N. The first kappa shape index (κ1) is 12.0. The summed E-state index contributed by atoms with van der Waals surface area (Å²) in [7, 11) is 1.73. The Morgan fingerprint density at radius 1 is 1.28 bits per heavy atom. The number of amidine groups is 1. The third-order valence-electron chi connectivity index (χ3n) is 2.46.